The van der Waals surface area contributed by atoms with Crippen molar-refractivity contribution in [3.05, 3.63) is 48.3 Å². The van der Waals surface area contributed by atoms with Gasteiger partial charge in [-0.3, -0.25) is 0 Å². The van der Waals surface area contributed by atoms with Crippen LogP contribution in [0.2, 0.25) is 0 Å². The van der Waals surface area contributed by atoms with Crippen LogP contribution in [0.3, 0.4) is 0 Å². The molecular formula is C13H11F3N2O. The largest absolute Gasteiger partial charge is 0.433 e. The number of nitrogens with one attached hydrogen (secondary N) is 1. The highest BCUT2D eigenvalue weighted by molar-refractivity contribution is 5.68. The number of nitrogen functional groups attached to an aromatic ring is 1. The molecule has 0 heterocycles. The van der Waals surface area contributed by atoms with Gasteiger partial charge < -0.3 is 15.8 Å². The van der Waals surface area contributed by atoms with Gasteiger partial charge in [0.05, 0.1) is 5.69 Å². The first-order chi connectivity index (χ1) is 9.04. The molecule has 0 radical (unpaired) electrons. The molecule has 19 heavy (non-hydrogen) atoms. The number of nitrogens with two attached hydrogens (primary N) is 1. The Morgan fingerprint density at radius 1 is 1.11 bits per heavy atom. The third-order valence-corrected chi connectivity index (χ3v) is 2.30. The van der Waals surface area contributed by atoms with Crippen LogP contribution < -0.4 is 15.8 Å². The second-order valence-corrected chi connectivity index (χ2v) is 3.77. The fraction of sp³-hybridized carbons (Fsp3) is 0.0769. The standard InChI is InChI=1S/C13H11F3N2O/c14-8-5-9(17)7-10(6-8)18-11-3-1-2-4-12(11)19-13(15)16/h1-7,13,18H,17H2. The second kappa shape index (κ2) is 5.51. The van der Waals surface area contributed by atoms with Gasteiger partial charge in [-0.05, 0) is 30.3 Å². The van der Waals surface area contributed by atoms with Gasteiger partial charge >= 0.3 is 6.61 Å². The fourth-order valence-corrected chi connectivity index (χ4v) is 1.61. The van der Waals surface area contributed by atoms with Crippen molar-refractivity contribution < 1.29 is 17.9 Å². The minimum atomic E-state index is -2.93. The molecule has 0 aromatic heterocycles. The Labute approximate surface area is 107 Å². The first-order valence-electron chi connectivity index (χ1n) is 5.41. The van der Waals surface area contributed by atoms with Gasteiger partial charge in [-0.1, -0.05) is 12.1 Å². The zero-order valence-electron chi connectivity index (χ0n) is 9.74. The number of anilines is 3. The first-order valence-corrected chi connectivity index (χ1v) is 5.41. The van der Waals surface area contributed by atoms with Crippen LogP contribution in [0.4, 0.5) is 30.2 Å². The third-order valence-electron chi connectivity index (χ3n) is 2.30. The highest BCUT2D eigenvalue weighted by Crippen LogP contribution is 2.29. The van der Waals surface area contributed by atoms with Crippen molar-refractivity contribution in [3.8, 4) is 5.75 Å². The summed E-state index contributed by atoms with van der Waals surface area (Å²) in [6.07, 6.45) is 0. The molecule has 100 valence electrons. The lowest BCUT2D eigenvalue weighted by Gasteiger charge is -2.13. The van der Waals surface area contributed by atoms with Crippen LogP contribution in [0.15, 0.2) is 42.5 Å². The van der Waals surface area contributed by atoms with Gasteiger partial charge in [0.15, 0.2) is 0 Å². The van der Waals surface area contributed by atoms with Crippen LogP contribution in [0.25, 0.3) is 0 Å². The molecular weight excluding hydrogens is 257 g/mol. The molecule has 0 aliphatic carbocycles. The summed E-state index contributed by atoms with van der Waals surface area (Å²) < 4.78 is 42.0. The minimum Gasteiger partial charge on any atom is -0.433 e. The molecule has 3 N–H and O–H groups in total. The van der Waals surface area contributed by atoms with E-state index in [0.29, 0.717) is 11.4 Å². The van der Waals surface area contributed by atoms with Crippen LogP contribution in [-0.2, 0) is 0 Å². The van der Waals surface area contributed by atoms with Crippen molar-refractivity contribution in [1.29, 1.82) is 0 Å². The summed E-state index contributed by atoms with van der Waals surface area (Å²) in [6, 6.07) is 9.98. The number of hydrogen-bond acceptors (Lipinski definition) is 3. The molecule has 0 spiro atoms. The maximum Gasteiger partial charge on any atom is 0.387 e. The SMILES string of the molecule is Nc1cc(F)cc(Nc2ccccc2OC(F)F)c1. The molecule has 0 unspecified atom stereocenters. The molecule has 2 aromatic rings. The van der Waals surface area contributed by atoms with E-state index < -0.39 is 12.4 Å². The lowest BCUT2D eigenvalue weighted by Crippen LogP contribution is -2.04. The van der Waals surface area contributed by atoms with E-state index in [4.69, 9.17) is 5.73 Å². The maximum absolute atomic E-state index is 13.2. The topological polar surface area (TPSA) is 47.3 Å². The van der Waals surface area contributed by atoms with E-state index in [2.05, 4.69) is 10.1 Å². The number of hydrogen-bond donors (Lipinski definition) is 2. The van der Waals surface area contributed by atoms with Crippen LogP contribution in [0, 0.1) is 5.82 Å². The van der Waals surface area contributed by atoms with Crippen LogP contribution in [0.1, 0.15) is 0 Å². The van der Waals surface area contributed by atoms with Gasteiger partial charge in [0, 0.05) is 11.4 Å². The van der Waals surface area contributed by atoms with E-state index >= 15 is 0 Å². The van der Waals surface area contributed by atoms with Crippen LogP contribution in [0.5, 0.6) is 5.75 Å². The summed E-state index contributed by atoms with van der Waals surface area (Å²) in [6.45, 7) is -2.93. The highest BCUT2D eigenvalue weighted by Gasteiger charge is 2.09. The summed E-state index contributed by atoms with van der Waals surface area (Å²) >= 11 is 0. The van der Waals surface area contributed by atoms with Crippen molar-refractivity contribution in [2.24, 2.45) is 0 Å². The Morgan fingerprint density at radius 2 is 1.84 bits per heavy atom. The maximum atomic E-state index is 13.2. The first kappa shape index (κ1) is 13.1. The summed E-state index contributed by atoms with van der Waals surface area (Å²) in [7, 11) is 0. The summed E-state index contributed by atoms with van der Waals surface area (Å²) in [5, 5.41) is 2.78. The van der Waals surface area contributed by atoms with Crippen molar-refractivity contribution in [2.45, 2.75) is 6.61 Å². The molecule has 0 amide bonds. The number of ether oxygens (including phenoxy) is 1. The molecule has 6 heteroatoms. The zero-order valence-corrected chi connectivity index (χ0v) is 9.74. The predicted octanol–water partition coefficient (Wildman–Crippen LogP) is 3.75. The average molecular weight is 268 g/mol. The fourth-order valence-electron chi connectivity index (χ4n) is 1.61. The molecule has 0 aliphatic heterocycles. The van der Waals surface area contributed by atoms with Gasteiger partial charge in [0.25, 0.3) is 0 Å². The van der Waals surface area contributed by atoms with E-state index in [9.17, 15) is 13.2 Å². The summed E-state index contributed by atoms with van der Waals surface area (Å²) in [5.41, 5.74) is 6.38. The lowest BCUT2D eigenvalue weighted by molar-refractivity contribution is -0.0493. The third kappa shape index (κ3) is 3.54. The molecule has 0 aliphatic rings. The zero-order chi connectivity index (χ0) is 13.8. The Bertz CT molecular complexity index is 555. The molecule has 0 saturated heterocycles. The van der Waals surface area contributed by atoms with E-state index in [1.165, 1.54) is 18.2 Å². The molecule has 0 atom stereocenters. The van der Waals surface area contributed by atoms with E-state index in [1.54, 1.807) is 18.2 Å². The Balaban J connectivity index is 2.27. The summed E-state index contributed by atoms with van der Waals surface area (Å²) in [5.74, 6) is -0.546. The van der Waals surface area contributed by atoms with Crippen molar-refractivity contribution in [1.82, 2.24) is 0 Å². The summed E-state index contributed by atoms with van der Waals surface area (Å²) in [4.78, 5) is 0. The molecule has 0 saturated carbocycles. The Morgan fingerprint density at radius 3 is 2.53 bits per heavy atom. The normalized spacial score (nSPS) is 10.5. The van der Waals surface area contributed by atoms with Crippen molar-refractivity contribution in [3.63, 3.8) is 0 Å². The minimum absolute atomic E-state index is 0.0275. The monoisotopic (exact) mass is 268 g/mol. The van der Waals surface area contributed by atoms with Crippen molar-refractivity contribution >= 4 is 17.1 Å². The van der Waals surface area contributed by atoms with Gasteiger partial charge in [0.1, 0.15) is 11.6 Å². The number of halogens is 3. The lowest BCUT2D eigenvalue weighted by atomic mass is 10.2. The quantitative estimate of drug-likeness (QED) is 0.830. The predicted molar refractivity (Wildman–Crippen MR) is 67.2 cm³/mol. The second-order valence-electron chi connectivity index (χ2n) is 3.77. The average Bonchev–Trinajstić information content (AvgIpc) is 2.29. The van der Waals surface area contributed by atoms with Crippen LogP contribution >= 0.6 is 0 Å². The van der Waals surface area contributed by atoms with Gasteiger partial charge in [-0.2, -0.15) is 8.78 Å². The molecule has 3 nitrogen and oxygen atoms in total. The smallest absolute Gasteiger partial charge is 0.387 e. The number of alkyl halides is 2. The van der Waals surface area contributed by atoms with Crippen molar-refractivity contribution in [2.75, 3.05) is 11.1 Å². The van der Waals surface area contributed by atoms with E-state index in [1.807, 2.05) is 0 Å². The number of benzene rings is 2. The van der Waals surface area contributed by atoms with Gasteiger partial charge in [0.2, 0.25) is 0 Å². The number of rotatable bonds is 4. The van der Waals surface area contributed by atoms with Crippen LogP contribution in [-0.4, -0.2) is 6.61 Å². The van der Waals surface area contributed by atoms with E-state index in [-0.39, 0.29) is 11.4 Å². The number of para-hydroxylation sites is 2. The van der Waals surface area contributed by atoms with Gasteiger partial charge in [-0.15, -0.1) is 0 Å². The molecule has 0 fully saturated rings. The Hall–Kier alpha value is -2.37. The highest BCUT2D eigenvalue weighted by atomic mass is 19.3. The molecule has 0 bridgehead atoms. The van der Waals surface area contributed by atoms with Gasteiger partial charge in [-0.25, -0.2) is 4.39 Å². The molecule has 2 rings (SSSR count). The van der Waals surface area contributed by atoms with E-state index in [0.717, 1.165) is 6.07 Å². The Kier molecular flexibility index (Phi) is 3.79. The molecule has 2 aromatic carbocycles.